The summed E-state index contributed by atoms with van der Waals surface area (Å²) in [4.78, 5) is 11.4. The summed E-state index contributed by atoms with van der Waals surface area (Å²) in [5.41, 5.74) is 0. The Hall–Kier alpha value is -1.69. The average Bonchev–Trinajstić information content (AvgIpc) is 2.69. The maximum atomic E-state index is 11.4. The number of rotatable bonds is 17. The zero-order valence-corrected chi connectivity index (χ0v) is 17.2. The first-order valence-corrected chi connectivity index (χ1v) is 10.4. The lowest BCUT2D eigenvalue weighted by molar-refractivity contribution is -0.147. The van der Waals surface area contributed by atoms with Crippen molar-refractivity contribution >= 4 is 5.97 Å². The summed E-state index contributed by atoms with van der Waals surface area (Å²) in [7, 11) is 0. The van der Waals surface area contributed by atoms with Gasteiger partial charge in [-0.05, 0) is 38.5 Å². The van der Waals surface area contributed by atoms with E-state index in [2.05, 4.69) is 25.2 Å². The van der Waals surface area contributed by atoms with Crippen LogP contribution in [0.5, 0.6) is 0 Å². The zero-order chi connectivity index (χ0) is 20.9. The molecular formula is C23H38O5. The number of esters is 1. The summed E-state index contributed by atoms with van der Waals surface area (Å²) in [6, 6.07) is 0. The largest absolute Gasteiger partial charge is 0.463 e. The standard InChI is InChI=1S/C23H38O5/c1-2-3-4-5-6-7-8-10-13-16-21(25)17-14-11-9-12-15-18-23(27)28-20-22(26)19-24/h6-7,9-11,13-14,17,21-22,24-26H,2-5,8,12,15-16,18-20H2,1H3/b7-6-,11-9+,13-10-,17-14-/t21?,22-/m0/s1. The molecule has 0 fully saturated rings. The molecule has 5 nitrogen and oxygen atoms in total. The summed E-state index contributed by atoms with van der Waals surface area (Å²) >= 11 is 0. The minimum atomic E-state index is -1.01. The molecule has 1 unspecified atom stereocenters. The van der Waals surface area contributed by atoms with E-state index in [0.717, 1.165) is 19.3 Å². The van der Waals surface area contributed by atoms with Crippen molar-refractivity contribution in [2.45, 2.75) is 76.9 Å². The third-order valence-corrected chi connectivity index (χ3v) is 3.94. The summed E-state index contributed by atoms with van der Waals surface area (Å²) in [6.07, 6.45) is 22.4. The Kier molecular flexibility index (Phi) is 18.8. The Labute approximate surface area is 170 Å². The molecule has 2 atom stereocenters. The number of carbonyl (C=O) groups excluding carboxylic acids is 1. The van der Waals surface area contributed by atoms with Crippen LogP contribution in [0.2, 0.25) is 0 Å². The molecular weight excluding hydrogens is 356 g/mol. The molecule has 5 heteroatoms. The lowest BCUT2D eigenvalue weighted by atomic mass is 10.2. The van der Waals surface area contributed by atoms with Crippen molar-refractivity contribution in [3.05, 3.63) is 48.6 Å². The van der Waals surface area contributed by atoms with Gasteiger partial charge in [0.05, 0.1) is 12.7 Å². The molecule has 0 saturated carbocycles. The van der Waals surface area contributed by atoms with Crippen LogP contribution in [0.1, 0.15) is 64.7 Å². The van der Waals surface area contributed by atoms with Crippen molar-refractivity contribution in [2.75, 3.05) is 13.2 Å². The van der Waals surface area contributed by atoms with Gasteiger partial charge in [0.1, 0.15) is 12.7 Å². The van der Waals surface area contributed by atoms with Crippen molar-refractivity contribution in [3.8, 4) is 0 Å². The van der Waals surface area contributed by atoms with Gasteiger partial charge in [-0.15, -0.1) is 0 Å². The average molecular weight is 395 g/mol. The number of ether oxygens (including phenoxy) is 1. The van der Waals surface area contributed by atoms with Crippen LogP contribution in [-0.2, 0) is 9.53 Å². The fraction of sp³-hybridized carbons (Fsp3) is 0.609. The Balaban J connectivity index is 3.69. The highest BCUT2D eigenvalue weighted by Crippen LogP contribution is 2.03. The highest BCUT2D eigenvalue weighted by molar-refractivity contribution is 5.69. The van der Waals surface area contributed by atoms with E-state index in [9.17, 15) is 9.90 Å². The van der Waals surface area contributed by atoms with Crippen LogP contribution in [-0.4, -0.2) is 46.7 Å². The fourth-order valence-electron chi connectivity index (χ4n) is 2.26. The molecule has 0 radical (unpaired) electrons. The van der Waals surface area contributed by atoms with E-state index in [1.807, 2.05) is 24.3 Å². The van der Waals surface area contributed by atoms with Crippen LogP contribution in [0.3, 0.4) is 0 Å². The van der Waals surface area contributed by atoms with Crippen LogP contribution < -0.4 is 0 Å². The number of hydrogen-bond donors (Lipinski definition) is 3. The van der Waals surface area contributed by atoms with Gasteiger partial charge in [0.15, 0.2) is 0 Å². The second-order valence-electron chi connectivity index (χ2n) is 6.70. The molecule has 0 aromatic carbocycles. The van der Waals surface area contributed by atoms with E-state index in [-0.39, 0.29) is 19.0 Å². The first-order chi connectivity index (χ1) is 13.6. The molecule has 0 bridgehead atoms. The van der Waals surface area contributed by atoms with Gasteiger partial charge < -0.3 is 20.1 Å². The molecule has 0 amide bonds. The van der Waals surface area contributed by atoms with Crippen molar-refractivity contribution in [2.24, 2.45) is 0 Å². The monoisotopic (exact) mass is 394 g/mol. The molecule has 0 aliphatic heterocycles. The van der Waals surface area contributed by atoms with E-state index in [4.69, 9.17) is 14.9 Å². The number of aliphatic hydroxyl groups is 3. The fourth-order valence-corrected chi connectivity index (χ4v) is 2.26. The molecule has 0 aromatic heterocycles. The van der Waals surface area contributed by atoms with Crippen LogP contribution in [0.4, 0.5) is 0 Å². The maximum absolute atomic E-state index is 11.4. The van der Waals surface area contributed by atoms with Gasteiger partial charge >= 0.3 is 5.97 Å². The molecule has 0 aromatic rings. The van der Waals surface area contributed by atoms with Crippen LogP contribution in [0, 0.1) is 0 Å². The van der Waals surface area contributed by atoms with E-state index in [1.165, 1.54) is 19.3 Å². The van der Waals surface area contributed by atoms with Crippen LogP contribution in [0.25, 0.3) is 0 Å². The molecule has 3 N–H and O–H groups in total. The lowest BCUT2D eigenvalue weighted by Gasteiger charge is -2.07. The number of carbonyl (C=O) groups is 1. The molecule has 0 aliphatic rings. The molecule has 160 valence electrons. The van der Waals surface area contributed by atoms with E-state index in [0.29, 0.717) is 12.8 Å². The SMILES string of the molecule is CCCCC/C=C\C/C=C\CC(O)/C=C\C=C\CCCC(=O)OC[C@@H](O)CO. The first kappa shape index (κ1) is 26.3. The number of aliphatic hydroxyl groups excluding tert-OH is 3. The molecule has 0 rings (SSSR count). The first-order valence-electron chi connectivity index (χ1n) is 10.4. The number of unbranched alkanes of at least 4 members (excludes halogenated alkanes) is 4. The molecule has 0 heterocycles. The van der Waals surface area contributed by atoms with Gasteiger partial charge in [0.25, 0.3) is 0 Å². The quantitative estimate of drug-likeness (QED) is 0.150. The topological polar surface area (TPSA) is 87.0 Å². The Morgan fingerprint density at radius 2 is 1.71 bits per heavy atom. The summed E-state index contributed by atoms with van der Waals surface area (Å²) in [5.74, 6) is -0.380. The van der Waals surface area contributed by atoms with E-state index >= 15 is 0 Å². The molecule has 28 heavy (non-hydrogen) atoms. The van der Waals surface area contributed by atoms with Gasteiger partial charge in [0.2, 0.25) is 0 Å². The molecule has 0 saturated heterocycles. The Morgan fingerprint density at radius 3 is 2.46 bits per heavy atom. The summed E-state index contributed by atoms with van der Waals surface area (Å²) < 4.78 is 4.81. The van der Waals surface area contributed by atoms with E-state index < -0.39 is 18.8 Å². The lowest BCUT2D eigenvalue weighted by Crippen LogP contribution is -2.21. The minimum Gasteiger partial charge on any atom is -0.463 e. The van der Waals surface area contributed by atoms with Gasteiger partial charge in [-0.3, -0.25) is 4.79 Å². The van der Waals surface area contributed by atoms with Gasteiger partial charge in [0, 0.05) is 6.42 Å². The summed E-state index contributed by atoms with van der Waals surface area (Å²) in [5, 5.41) is 27.6. The maximum Gasteiger partial charge on any atom is 0.305 e. The predicted octanol–water partition coefficient (Wildman–Crippen LogP) is 4.00. The van der Waals surface area contributed by atoms with Crippen molar-refractivity contribution in [3.63, 3.8) is 0 Å². The summed E-state index contributed by atoms with van der Waals surface area (Å²) in [6.45, 7) is 1.62. The second kappa shape index (κ2) is 20.1. The Morgan fingerprint density at radius 1 is 0.964 bits per heavy atom. The molecule has 0 aliphatic carbocycles. The normalized spacial score (nSPS) is 14.6. The van der Waals surface area contributed by atoms with Gasteiger partial charge in [-0.2, -0.15) is 0 Å². The van der Waals surface area contributed by atoms with Crippen molar-refractivity contribution in [1.29, 1.82) is 0 Å². The van der Waals surface area contributed by atoms with Crippen LogP contribution in [0.15, 0.2) is 48.6 Å². The predicted molar refractivity (Wildman–Crippen MR) is 114 cm³/mol. The zero-order valence-electron chi connectivity index (χ0n) is 17.2. The van der Waals surface area contributed by atoms with Crippen molar-refractivity contribution in [1.82, 2.24) is 0 Å². The highest BCUT2D eigenvalue weighted by Gasteiger charge is 2.06. The second-order valence-corrected chi connectivity index (χ2v) is 6.70. The van der Waals surface area contributed by atoms with Gasteiger partial charge in [-0.25, -0.2) is 0 Å². The van der Waals surface area contributed by atoms with Gasteiger partial charge in [-0.1, -0.05) is 68.4 Å². The molecule has 0 spiro atoms. The Bertz CT molecular complexity index is 479. The minimum absolute atomic E-state index is 0.171. The van der Waals surface area contributed by atoms with Crippen LogP contribution >= 0.6 is 0 Å². The third kappa shape index (κ3) is 19.1. The van der Waals surface area contributed by atoms with Crippen molar-refractivity contribution < 1.29 is 24.9 Å². The van der Waals surface area contributed by atoms with E-state index in [1.54, 1.807) is 6.08 Å². The highest BCUT2D eigenvalue weighted by atomic mass is 16.5. The number of hydrogen-bond acceptors (Lipinski definition) is 5. The number of allylic oxidation sites excluding steroid dienone is 6. The smallest absolute Gasteiger partial charge is 0.305 e. The third-order valence-electron chi connectivity index (χ3n) is 3.94.